The first-order valence-electron chi connectivity index (χ1n) is 5.87. The van der Waals surface area contributed by atoms with Crippen molar-refractivity contribution in [2.24, 2.45) is 0 Å². The van der Waals surface area contributed by atoms with E-state index in [9.17, 15) is 9.59 Å². The number of hydrogen-bond acceptors (Lipinski definition) is 3. The summed E-state index contributed by atoms with van der Waals surface area (Å²) in [4.78, 5) is 24.3. The van der Waals surface area contributed by atoms with Crippen LogP contribution in [0.3, 0.4) is 0 Å². The second kappa shape index (κ2) is 5.86. The number of carboxylic acids is 1. The number of carbonyl (C=O) groups is 2. The van der Waals surface area contributed by atoms with Gasteiger partial charge >= 0.3 is 12.0 Å². The number of nitrogens with one attached hydrogen (secondary N) is 1. The number of morpholine rings is 1. The van der Waals surface area contributed by atoms with E-state index in [1.54, 1.807) is 4.90 Å². The highest BCUT2D eigenvalue weighted by molar-refractivity contribution is 5.82. The van der Waals surface area contributed by atoms with E-state index < -0.39 is 12.0 Å². The fourth-order valence-corrected chi connectivity index (χ4v) is 1.76. The van der Waals surface area contributed by atoms with Crippen LogP contribution in [0.1, 0.15) is 27.2 Å². The van der Waals surface area contributed by atoms with Crippen molar-refractivity contribution in [3.05, 3.63) is 0 Å². The molecule has 6 heteroatoms. The Bertz CT molecular complexity index is 295. The van der Waals surface area contributed by atoms with Crippen LogP contribution in [-0.4, -0.2) is 53.3 Å². The van der Waals surface area contributed by atoms with Crippen molar-refractivity contribution in [3.63, 3.8) is 0 Å². The van der Waals surface area contributed by atoms with E-state index in [0.29, 0.717) is 13.2 Å². The highest BCUT2D eigenvalue weighted by Crippen LogP contribution is 2.14. The summed E-state index contributed by atoms with van der Waals surface area (Å²) in [6, 6.07) is -1.19. The fraction of sp³-hybridized carbons (Fsp3) is 0.818. The van der Waals surface area contributed by atoms with Gasteiger partial charge in [-0.1, -0.05) is 6.92 Å². The van der Waals surface area contributed by atoms with E-state index in [4.69, 9.17) is 9.84 Å². The Morgan fingerprint density at radius 2 is 2.24 bits per heavy atom. The van der Waals surface area contributed by atoms with Crippen LogP contribution in [0, 0.1) is 0 Å². The molecule has 0 bridgehead atoms. The smallest absolute Gasteiger partial charge is 0.325 e. The molecule has 1 saturated heterocycles. The Morgan fingerprint density at radius 1 is 1.59 bits per heavy atom. The molecule has 0 saturated carbocycles. The topological polar surface area (TPSA) is 78.9 Å². The molecule has 1 aliphatic rings. The summed E-state index contributed by atoms with van der Waals surface area (Å²) in [6.07, 6.45) is 0.783. The number of carbonyl (C=O) groups excluding carboxylic acids is 1. The summed E-state index contributed by atoms with van der Waals surface area (Å²) in [5.74, 6) is -1.03. The quantitative estimate of drug-likeness (QED) is 0.764. The first-order chi connectivity index (χ1) is 7.95. The average Bonchev–Trinajstić information content (AvgIpc) is 2.28. The van der Waals surface area contributed by atoms with E-state index in [0.717, 1.165) is 6.42 Å². The number of nitrogens with zero attached hydrogens (tertiary/aromatic N) is 1. The molecule has 1 aliphatic heterocycles. The molecular weight excluding hydrogens is 224 g/mol. The van der Waals surface area contributed by atoms with Gasteiger partial charge < -0.3 is 20.1 Å². The minimum absolute atomic E-state index is 0.0105. The molecule has 0 aromatic rings. The summed E-state index contributed by atoms with van der Waals surface area (Å²) < 4.78 is 5.48. The summed E-state index contributed by atoms with van der Waals surface area (Å²) in [5, 5.41) is 11.2. The Kier molecular flexibility index (Phi) is 4.74. The normalized spacial score (nSPS) is 26.4. The van der Waals surface area contributed by atoms with Gasteiger partial charge in [0.15, 0.2) is 0 Å². The first kappa shape index (κ1) is 13.8. The molecule has 0 aromatic heterocycles. The number of amides is 2. The maximum atomic E-state index is 11.9. The molecule has 0 aromatic carbocycles. The summed E-state index contributed by atoms with van der Waals surface area (Å²) in [5.41, 5.74) is 0. The van der Waals surface area contributed by atoms with E-state index in [-0.39, 0.29) is 18.2 Å². The zero-order valence-electron chi connectivity index (χ0n) is 10.5. The molecule has 1 heterocycles. The van der Waals surface area contributed by atoms with Crippen LogP contribution >= 0.6 is 0 Å². The summed E-state index contributed by atoms with van der Waals surface area (Å²) in [6.45, 7) is 6.33. The third-order valence-electron chi connectivity index (χ3n) is 2.91. The fourth-order valence-electron chi connectivity index (χ4n) is 1.76. The number of ether oxygens (including phenoxy) is 1. The van der Waals surface area contributed by atoms with Crippen molar-refractivity contribution in [3.8, 4) is 0 Å². The zero-order valence-corrected chi connectivity index (χ0v) is 10.5. The van der Waals surface area contributed by atoms with Gasteiger partial charge in [-0.3, -0.25) is 4.79 Å². The highest BCUT2D eigenvalue weighted by atomic mass is 16.5. The molecule has 6 nitrogen and oxygen atoms in total. The van der Waals surface area contributed by atoms with Crippen LogP contribution in [0.2, 0.25) is 0 Å². The molecule has 1 rings (SSSR count). The summed E-state index contributed by atoms with van der Waals surface area (Å²) in [7, 11) is 0. The molecule has 0 radical (unpaired) electrons. The second-order valence-electron chi connectivity index (χ2n) is 4.37. The maximum Gasteiger partial charge on any atom is 0.325 e. The lowest BCUT2D eigenvalue weighted by Crippen LogP contribution is -2.56. The van der Waals surface area contributed by atoms with Gasteiger partial charge in [0.1, 0.15) is 6.04 Å². The van der Waals surface area contributed by atoms with Crippen molar-refractivity contribution in [1.82, 2.24) is 10.2 Å². The Hall–Kier alpha value is -1.30. The van der Waals surface area contributed by atoms with Crippen LogP contribution in [0.5, 0.6) is 0 Å². The van der Waals surface area contributed by atoms with Gasteiger partial charge in [-0.15, -0.1) is 0 Å². The van der Waals surface area contributed by atoms with Crippen LogP contribution in [0.25, 0.3) is 0 Å². The average molecular weight is 244 g/mol. The minimum Gasteiger partial charge on any atom is -0.480 e. The van der Waals surface area contributed by atoms with Gasteiger partial charge in [0, 0.05) is 6.54 Å². The third-order valence-corrected chi connectivity index (χ3v) is 2.91. The Balaban J connectivity index is 2.61. The zero-order chi connectivity index (χ0) is 13.0. The predicted molar refractivity (Wildman–Crippen MR) is 61.8 cm³/mol. The Morgan fingerprint density at radius 3 is 2.76 bits per heavy atom. The molecule has 2 N–H and O–H groups in total. The minimum atomic E-state index is -1.03. The molecule has 3 atom stereocenters. The SMILES string of the molecule is CCC1COC(C)CN1C(=O)N[C@@H](C)C(=O)O. The van der Waals surface area contributed by atoms with Crippen LogP contribution in [0.4, 0.5) is 4.79 Å². The molecule has 2 amide bonds. The lowest BCUT2D eigenvalue weighted by molar-refractivity contribution is -0.138. The monoisotopic (exact) mass is 244 g/mol. The van der Waals surface area contributed by atoms with E-state index in [1.807, 2.05) is 13.8 Å². The van der Waals surface area contributed by atoms with Gasteiger partial charge in [0.2, 0.25) is 0 Å². The van der Waals surface area contributed by atoms with Gasteiger partial charge in [-0.05, 0) is 20.3 Å². The van der Waals surface area contributed by atoms with Gasteiger partial charge in [-0.25, -0.2) is 4.79 Å². The van der Waals surface area contributed by atoms with Gasteiger partial charge in [-0.2, -0.15) is 0 Å². The predicted octanol–water partition coefficient (Wildman–Crippen LogP) is 0.668. The van der Waals surface area contributed by atoms with Gasteiger partial charge in [0.25, 0.3) is 0 Å². The molecule has 17 heavy (non-hydrogen) atoms. The molecule has 2 unspecified atom stereocenters. The Labute approximate surface area is 101 Å². The lowest BCUT2D eigenvalue weighted by atomic mass is 10.1. The van der Waals surface area contributed by atoms with Crippen LogP contribution in [0.15, 0.2) is 0 Å². The van der Waals surface area contributed by atoms with Crippen LogP contribution < -0.4 is 5.32 Å². The van der Waals surface area contributed by atoms with Crippen molar-refractivity contribution < 1.29 is 19.4 Å². The van der Waals surface area contributed by atoms with Crippen LogP contribution in [-0.2, 0) is 9.53 Å². The molecular formula is C11H20N2O4. The van der Waals surface area contributed by atoms with E-state index >= 15 is 0 Å². The van der Waals surface area contributed by atoms with Crippen molar-refractivity contribution in [1.29, 1.82) is 0 Å². The van der Waals surface area contributed by atoms with Crippen molar-refractivity contribution >= 4 is 12.0 Å². The number of hydrogen-bond donors (Lipinski definition) is 2. The van der Waals surface area contributed by atoms with E-state index in [1.165, 1.54) is 6.92 Å². The molecule has 0 spiro atoms. The molecule has 0 aliphatic carbocycles. The second-order valence-corrected chi connectivity index (χ2v) is 4.37. The molecule has 98 valence electrons. The number of rotatable bonds is 3. The largest absolute Gasteiger partial charge is 0.480 e. The summed E-state index contributed by atoms with van der Waals surface area (Å²) >= 11 is 0. The standard InChI is InChI=1S/C11H20N2O4/c1-4-9-6-17-7(2)5-13(9)11(16)12-8(3)10(14)15/h7-9H,4-6H2,1-3H3,(H,12,16)(H,14,15)/t7?,8-,9?/m0/s1. The first-order valence-corrected chi connectivity index (χ1v) is 5.87. The number of urea groups is 1. The lowest BCUT2D eigenvalue weighted by Gasteiger charge is -2.38. The third kappa shape index (κ3) is 3.59. The van der Waals surface area contributed by atoms with Gasteiger partial charge in [0.05, 0.1) is 18.8 Å². The number of carboxylic acid groups (broad SMARTS) is 1. The molecule has 1 fully saturated rings. The van der Waals surface area contributed by atoms with Crippen molar-refractivity contribution in [2.75, 3.05) is 13.2 Å². The van der Waals surface area contributed by atoms with E-state index in [2.05, 4.69) is 5.32 Å². The highest BCUT2D eigenvalue weighted by Gasteiger charge is 2.30. The maximum absolute atomic E-state index is 11.9. The number of aliphatic carboxylic acids is 1. The van der Waals surface area contributed by atoms with Crippen molar-refractivity contribution in [2.45, 2.75) is 45.4 Å².